The number of anilines is 2. The van der Waals surface area contributed by atoms with Crippen LogP contribution in [0.15, 0.2) is 40.1 Å². The van der Waals surface area contributed by atoms with Crippen LogP contribution in [0.25, 0.3) is 5.82 Å². The third-order valence-electron chi connectivity index (χ3n) is 4.67. The predicted octanol–water partition coefficient (Wildman–Crippen LogP) is -0.316. The summed E-state index contributed by atoms with van der Waals surface area (Å²) in [5.41, 5.74) is 0.201. The second kappa shape index (κ2) is 6.71. The van der Waals surface area contributed by atoms with Crippen molar-refractivity contribution in [1.29, 1.82) is 0 Å². The first-order valence-corrected chi connectivity index (χ1v) is 8.68. The molecule has 4 heterocycles. The van der Waals surface area contributed by atoms with Crippen LogP contribution in [-0.4, -0.2) is 55.7 Å². The second-order valence-electron chi connectivity index (χ2n) is 6.48. The maximum absolute atomic E-state index is 11.8. The molecule has 1 aliphatic heterocycles. The topological polar surface area (TPSA) is 105 Å². The zero-order valence-corrected chi connectivity index (χ0v) is 15.2. The van der Waals surface area contributed by atoms with E-state index in [-0.39, 0.29) is 5.56 Å². The van der Waals surface area contributed by atoms with Gasteiger partial charge in [-0.2, -0.15) is 5.10 Å². The van der Waals surface area contributed by atoms with Crippen molar-refractivity contribution in [3.05, 3.63) is 57.0 Å². The van der Waals surface area contributed by atoms with Crippen LogP contribution in [0, 0.1) is 6.92 Å². The number of piperazine rings is 1. The highest BCUT2D eigenvalue weighted by Gasteiger charge is 2.20. The van der Waals surface area contributed by atoms with Gasteiger partial charge < -0.3 is 9.80 Å². The van der Waals surface area contributed by atoms with E-state index in [4.69, 9.17) is 0 Å². The van der Waals surface area contributed by atoms with E-state index in [9.17, 15) is 9.59 Å². The molecule has 0 spiro atoms. The van der Waals surface area contributed by atoms with E-state index in [1.165, 1.54) is 13.1 Å². The van der Waals surface area contributed by atoms with Gasteiger partial charge in [0.2, 0.25) is 0 Å². The van der Waals surface area contributed by atoms with Crippen LogP contribution < -0.4 is 21.0 Å². The molecule has 27 heavy (non-hydrogen) atoms. The summed E-state index contributed by atoms with van der Waals surface area (Å²) in [5, 5.41) is 12.9. The number of rotatable bonds is 3. The first-order chi connectivity index (χ1) is 13.0. The highest BCUT2D eigenvalue weighted by molar-refractivity contribution is 5.44. The monoisotopic (exact) mass is 368 g/mol. The van der Waals surface area contributed by atoms with Crippen molar-refractivity contribution in [3.63, 3.8) is 0 Å². The lowest BCUT2D eigenvalue weighted by molar-refractivity contribution is 0.630. The number of hydrogen-bond donors (Lipinski definition) is 1. The Balaban J connectivity index is 1.45. The Labute approximate surface area is 154 Å². The Kier molecular flexibility index (Phi) is 4.22. The number of nitrogens with one attached hydrogen (secondary N) is 1. The molecule has 0 bridgehead atoms. The number of nitrogens with zero attached hydrogens (tertiary/aromatic N) is 7. The fourth-order valence-electron chi connectivity index (χ4n) is 3.04. The zero-order chi connectivity index (χ0) is 19.0. The van der Waals surface area contributed by atoms with Crippen molar-refractivity contribution in [2.24, 2.45) is 7.05 Å². The quantitative estimate of drug-likeness (QED) is 0.676. The van der Waals surface area contributed by atoms with Crippen LogP contribution in [0.4, 0.5) is 11.6 Å². The molecule has 0 atom stereocenters. The van der Waals surface area contributed by atoms with Gasteiger partial charge in [0.25, 0.3) is 5.56 Å². The van der Waals surface area contributed by atoms with Gasteiger partial charge in [-0.1, -0.05) is 0 Å². The summed E-state index contributed by atoms with van der Waals surface area (Å²) in [6.45, 7) is 4.70. The third kappa shape index (κ3) is 3.33. The van der Waals surface area contributed by atoms with E-state index >= 15 is 0 Å². The highest BCUT2D eigenvalue weighted by Crippen LogP contribution is 2.16. The number of hydrogen-bond acceptors (Lipinski definition) is 7. The molecule has 10 nitrogen and oxygen atoms in total. The maximum Gasteiger partial charge on any atom is 0.329 e. The van der Waals surface area contributed by atoms with Crippen LogP contribution >= 0.6 is 0 Å². The van der Waals surface area contributed by atoms with Crippen molar-refractivity contribution in [1.82, 2.24) is 29.5 Å². The highest BCUT2D eigenvalue weighted by atomic mass is 16.2. The Morgan fingerprint density at radius 2 is 1.63 bits per heavy atom. The minimum atomic E-state index is -0.407. The second-order valence-corrected chi connectivity index (χ2v) is 6.48. The van der Waals surface area contributed by atoms with E-state index in [0.29, 0.717) is 37.8 Å². The van der Waals surface area contributed by atoms with Gasteiger partial charge in [-0.3, -0.25) is 14.3 Å². The van der Waals surface area contributed by atoms with E-state index in [1.807, 2.05) is 36.2 Å². The molecule has 1 N–H and O–H groups in total. The predicted molar refractivity (Wildman–Crippen MR) is 101 cm³/mol. The lowest BCUT2D eigenvalue weighted by Crippen LogP contribution is -2.48. The minimum Gasteiger partial charge on any atom is -0.354 e. The normalized spacial score (nSPS) is 14.6. The first kappa shape index (κ1) is 17.0. The fraction of sp³-hybridized carbons (Fsp3) is 0.353. The summed E-state index contributed by atoms with van der Waals surface area (Å²) in [5.74, 6) is 2.01. The van der Waals surface area contributed by atoms with Gasteiger partial charge in [0.15, 0.2) is 11.6 Å². The summed E-state index contributed by atoms with van der Waals surface area (Å²) in [4.78, 5) is 30.5. The van der Waals surface area contributed by atoms with Crippen LogP contribution in [0.3, 0.4) is 0 Å². The number of H-pyrrole nitrogens is 1. The Bertz CT molecular complexity index is 1030. The van der Waals surface area contributed by atoms with Crippen LogP contribution in [0.1, 0.15) is 5.69 Å². The van der Waals surface area contributed by atoms with Crippen LogP contribution in [-0.2, 0) is 7.05 Å². The largest absolute Gasteiger partial charge is 0.354 e. The lowest BCUT2D eigenvalue weighted by atomic mass is 10.3. The van der Waals surface area contributed by atoms with Crippen molar-refractivity contribution < 1.29 is 0 Å². The number of aromatic amines is 1. The van der Waals surface area contributed by atoms with Gasteiger partial charge >= 0.3 is 5.69 Å². The van der Waals surface area contributed by atoms with E-state index in [1.54, 1.807) is 4.68 Å². The summed E-state index contributed by atoms with van der Waals surface area (Å²) < 4.78 is 2.74. The van der Waals surface area contributed by atoms with E-state index < -0.39 is 5.69 Å². The molecule has 0 aliphatic carbocycles. The van der Waals surface area contributed by atoms with Crippen molar-refractivity contribution in [2.75, 3.05) is 36.0 Å². The van der Waals surface area contributed by atoms with Gasteiger partial charge in [-0.15, -0.1) is 10.2 Å². The van der Waals surface area contributed by atoms with Crippen LogP contribution in [0.5, 0.6) is 0 Å². The molecule has 0 radical (unpaired) electrons. The fourth-order valence-corrected chi connectivity index (χ4v) is 3.04. The van der Waals surface area contributed by atoms with Crippen molar-refractivity contribution in [2.45, 2.75) is 6.92 Å². The average molecular weight is 368 g/mol. The summed E-state index contributed by atoms with van der Waals surface area (Å²) in [6, 6.07) is 7.18. The summed E-state index contributed by atoms with van der Waals surface area (Å²) in [7, 11) is 1.45. The van der Waals surface area contributed by atoms with Crippen LogP contribution in [0.2, 0.25) is 0 Å². The molecule has 0 aromatic carbocycles. The van der Waals surface area contributed by atoms with E-state index in [0.717, 1.165) is 16.1 Å². The van der Waals surface area contributed by atoms with Gasteiger partial charge in [-0.25, -0.2) is 9.48 Å². The van der Waals surface area contributed by atoms with Crippen molar-refractivity contribution in [3.8, 4) is 5.82 Å². The molecule has 4 rings (SSSR count). The summed E-state index contributed by atoms with van der Waals surface area (Å²) in [6.07, 6.45) is 1.85. The number of aromatic nitrogens is 6. The third-order valence-corrected chi connectivity index (χ3v) is 4.67. The number of aryl methyl sites for hydroxylation is 1. The molecule has 1 fully saturated rings. The van der Waals surface area contributed by atoms with Gasteiger partial charge in [0.1, 0.15) is 5.82 Å². The van der Waals surface area contributed by atoms with E-state index in [2.05, 4.69) is 25.2 Å². The minimum absolute atomic E-state index is 0.313. The SMILES string of the molecule is Cc1ccn(-c2ccc(N3CCN(c4cc(=O)n(C)c(=O)[nH]4)CC3)nn2)n1. The maximum atomic E-state index is 11.8. The molecular weight excluding hydrogens is 348 g/mol. The zero-order valence-electron chi connectivity index (χ0n) is 15.2. The molecule has 1 saturated heterocycles. The molecule has 140 valence electrons. The lowest BCUT2D eigenvalue weighted by Gasteiger charge is -2.36. The average Bonchev–Trinajstić information content (AvgIpc) is 3.12. The molecule has 10 heteroatoms. The summed E-state index contributed by atoms with van der Waals surface area (Å²) >= 11 is 0. The molecule has 3 aromatic heterocycles. The molecule has 1 aliphatic rings. The molecule has 0 saturated carbocycles. The Hall–Kier alpha value is -3.43. The standard InChI is InChI=1S/C17H20N8O2/c1-12-5-6-25(21-12)14-4-3-13(19-20-14)23-7-9-24(10-8-23)15-11-16(26)22(2)17(27)18-15/h3-6,11H,7-10H2,1-2H3,(H,18,27). The van der Waals surface area contributed by atoms with Crippen molar-refractivity contribution >= 4 is 11.6 Å². The first-order valence-electron chi connectivity index (χ1n) is 8.68. The molecule has 3 aromatic rings. The molecular formula is C17H20N8O2. The molecule has 0 amide bonds. The Morgan fingerprint density at radius 1 is 0.963 bits per heavy atom. The van der Waals surface area contributed by atoms with Gasteiger partial charge in [0.05, 0.1) is 5.69 Å². The Morgan fingerprint density at radius 3 is 2.22 bits per heavy atom. The van der Waals surface area contributed by atoms with Gasteiger partial charge in [-0.05, 0) is 25.1 Å². The smallest absolute Gasteiger partial charge is 0.329 e. The molecule has 0 unspecified atom stereocenters. The van der Waals surface area contributed by atoms with Gasteiger partial charge in [0, 0.05) is 45.5 Å².